The molecule has 1 aromatic heterocycles. The first kappa shape index (κ1) is 11.3. The van der Waals surface area contributed by atoms with Crippen molar-refractivity contribution < 1.29 is 0 Å². The minimum atomic E-state index is 0.868. The fourth-order valence-corrected chi connectivity index (χ4v) is 2.02. The highest BCUT2D eigenvalue weighted by atomic mass is 15.2. The van der Waals surface area contributed by atoms with E-state index < -0.39 is 0 Å². The highest BCUT2D eigenvalue weighted by Gasteiger charge is 2.14. The molecule has 0 aromatic carbocycles. The maximum atomic E-state index is 3.99. The van der Waals surface area contributed by atoms with Crippen molar-refractivity contribution in [2.45, 2.75) is 19.8 Å². The van der Waals surface area contributed by atoms with Gasteiger partial charge in [0.05, 0.1) is 0 Å². The van der Waals surface area contributed by atoms with Gasteiger partial charge in [-0.1, -0.05) is 6.92 Å². The van der Waals surface area contributed by atoms with Crippen LogP contribution in [0.3, 0.4) is 0 Å². The second-order valence-corrected chi connectivity index (χ2v) is 4.56. The summed E-state index contributed by atoms with van der Waals surface area (Å²) in [5.41, 5.74) is 0. The fraction of sp³-hybridized carbons (Fsp3) is 0.667. The van der Waals surface area contributed by atoms with Crippen molar-refractivity contribution in [3.8, 4) is 0 Å². The zero-order valence-electron chi connectivity index (χ0n) is 9.89. The van der Waals surface area contributed by atoms with Crippen LogP contribution in [0.2, 0.25) is 0 Å². The Balaban J connectivity index is 1.65. The van der Waals surface area contributed by atoms with E-state index in [-0.39, 0.29) is 0 Å². The van der Waals surface area contributed by atoms with Gasteiger partial charge in [-0.15, -0.1) is 5.10 Å². The lowest BCUT2D eigenvalue weighted by Crippen LogP contribution is -2.36. The number of piperidine rings is 1. The van der Waals surface area contributed by atoms with Crippen LogP contribution in [0, 0.1) is 5.92 Å². The van der Waals surface area contributed by atoms with Crippen molar-refractivity contribution in [2.24, 2.45) is 5.92 Å². The van der Waals surface area contributed by atoms with Crippen LogP contribution in [0.5, 0.6) is 0 Å². The molecule has 1 aliphatic heterocycles. The van der Waals surface area contributed by atoms with Crippen LogP contribution < -0.4 is 5.32 Å². The van der Waals surface area contributed by atoms with Gasteiger partial charge in [0.2, 0.25) is 0 Å². The summed E-state index contributed by atoms with van der Waals surface area (Å²) >= 11 is 0. The monoisotopic (exact) mass is 220 g/mol. The summed E-state index contributed by atoms with van der Waals surface area (Å²) in [6.45, 7) is 6.87. The molecule has 1 saturated heterocycles. The molecule has 2 heterocycles. The fourth-order valence-electron chi connectivity index (χ4n) is 2.02. The Morgan fingerprint density at radius 2 is 2.25 bits per heavy atom. The Labute approximate surface area is 97.1 Å². The lowest BCUT2D eigenvalue weighted by atomic mass is 9.99. The molecule has 0 saturated carbocycles. The largest absolute Gasteiger partial charge is 0.367 e. The van der Waals surface area contributed by atoms with Gasteiger partial charge in [0.25, 0.3) is 0 Å². The molecule has 0 aliphatic carbocycles. The molecule has 0 amide bonds. The normalized spacial score (nSPS) is 18.6. The van der Waals surface area contributed by atoms with E-state index in [4.69, 9.17) is 0 Å². The zero-order valence-corrected chi connectivity index (χ0v) is 9.89. The van der Waals surface area contributed by atoms with Gasteiger partial charge in [0.15, 0.2) is 0 Å². The molecule has 4 nitrogen and oxygen atoms in total. The van der Waals surface area contributed by atoms with E-state index >= 15 is 0 Å². The number of aromatic nitrogens is 2. The standard InChI is InChI=1S/C12H20N4/c1-11-4-8-16(9-5-11)10-7-13-12-3-2-6-14-15-12/h2-3,6,11H,4-5,7-10H2,1H3,(H,13,15). The number of likely N-dealkylation sites (tertiary alicyclic amines) is 1. The van der Waals surface area contributed by atoms with E-state index in [1.807, 2.05) is 12.1 Å². The van der Waals surface area contributed by atoms with E-state index in [1.54, 1.807) is 6.20 Å². The SMILES string of the molecule is CC1CCN(CCNc2cccnn2)CC1. The lowest BCUT2D eigenvalue weighted by Gasteiger charge is -2.30. The molecule has 88 valence electrons. The predicted molar refractivity (Wildman–Crippen MR) is 65.4 cm³/mol. The number of rotatable bonds is 4. The Bertz CT molecular complexity index is 293. The smallest absolute Gasteiger partial charge is 0.148 e. The summed E-state index contributed by atoms with van der Waals surface area (Å²) in [4.78, 5) is 2.52. The van der Waals surface area contributed by atoms with Gasteiger partial charge in [-0.3, -0.25) is 0 Å². The Morgan fingerprint density at radius 3 is 2.94 bits per heavy atom. The number of anilines is 1. The number of hydrogen-bond acceptors (Lipinski definition) is 4. The van der Waals surface area contributed by atoms with E-state index in [0.717, 1.165) is 24.8 Å². The van der Waals surface area contributed by atoms with Crippen molar-refractivity contribution in [1.29, 1.82) is 0 Å². The summed E-state index contributed by atoms with van der Waals surface area (Å²) in [5, 5.41) is 11.1. The molecule has 0 spiro atoms. The maximum Gasteiger partial charge on any atom is 0.148 e. The van der Waals surface area contributed by atoms with E-state index in [1.165, 1.54) is 25.9 Å². The first-order chi connectivity index (χ1) is 7.84. The summed E-state index contributed by atoms with van der Waals surface area (Å²) in [5.74, 6) is 1.78. The van der Waals surface area contributed by atoms with Gasteiger partial charge >= 0.3 is 0 Å². The molecule has 1 aliphatic rings. The van der Waals surface area contributed by atoms with Crippen molar-refractivity contribution in [3.63, 3.8) is 0 Å². The quantitative estimate of drug-likeness (QED) is 0.837. The molecule has 0 bridgehead atoms. The predicted octanol–water partition coefficient (Wildman–Crippen LogP) is 1.62. The molecule has 4 heteroatoms. The van der Waals surface area contributed by atoms with E-state index in [9.17, 15) is 0 Å². The molecule has 0 unspecified atom stereocenters. The minimum Gasteiger partial charge on any atom is -0.367 e. The molecular weight excluding hydrogens is 200 g/mol. The highest BCUT2D eigenvalue weighted by Crippen LogP contribution is 2.15. The second kappa shape index (κ2) is 5.80. The third-order valence-electron chi connectivity index (χ3n) is 3.18. The molecule has 2 rings (SSSR count). The van der Waals surface area contributed by atoms with E-state index in [2.05, 4.69) is 27.3 Å². The van der Waals surface area contributed by atoms with Crippen LogP contribution >= 0.6 is 0 Å². The van der Waals surface area contributed by atoms with Crippen molar-refractivity contribution in [1.82, 2.24) is 15.1 Å². The maximum absolute atomic E-state index is 3.99. The van der Waals surface area contributed by atoms with Gasteiger partial charge in [-0.05, 0) is 44.0 Å². The first-order valence-corrected chi connectivity index (χ1v) is 6.08. The molecule has 1 N–H and O–H groups in total. The van der Waals surface area contributed by atoms with E-state index in [0.29, 0.717) is 0 Å². The van der Waals surface area contributed by atoms with Crippen LogP contribution in [0.15, 0.2) is 18.3 Å². The zero-order chi connectivity index (χ0) is 11.2. The molecular formula is C12H20N4. The Kier molecular flexibility index (Phi) is 4.10. The summed E-state index contributed by atoms with van der Waals surface area (Å²) < 4.78 is 0. The van der Waals surface area contributed by atoms with Crippen LogP contribution in [-0.4, -0.2) is 41.3 Å². The average molecular weight is 220 g/mol. The molecule has 1 aromatic rings. The minimum absolute atomic E-state index is 0.868. The van der Waals surface area contributed by atoms with Crippen molar-refractivity contribution in [3.05, 3.63) is 18.3 Å². The number of nitrogens with zero attached hydrogens (tertiary/aromatic N) is 3. The van der Waals surface area contributed by atoms with Gasteiger partial charge in [-0.25, -0.2) is 0 Å². The lowest BCUT2D eigenvalue weighted by molar-refractivity contribution is 0.199. The number of nitrogens with one attached hydrogen (secondary N) is 1. The highest BCUT2D eigenvalue weighted by molar-refractivity contribution is 5.31. The first-order valence-electron chi connectivity index (χ1n) is 6.08. The van der Waals surface area contributed by atoms with Crippen LogP contribution in [-0.2, 0) is 0 Å². The van der Waals surface area contributed by atoms with Gasteiger partial charge < -0.3 is 10.2 Å². The van der Waals surface area contributed by atoms with Crippen LogP contribution in [0.1, 0.15) is 19.8 Å². The number of hydrogen-bond donors (Lipinski definition) is 1. The summed E-state index contributed by atoms with van der Waals surface area (Å²) in [6.07, 6.45) is 4.37. The third-order valence-corrected chi connectivity index (χ3v) is 3.18. The molecule has 1 fully saturated rings. The molecule has 0 atom stereocenters. The van der Waals surface area contributed by atoms with Gasteiger partial charge in [-0.2, -0.15) is 5.10 Å². The van der Waals surface area contributed by atoms with Gasteiger partial charge in [0, 0.05) is 19.3 Å². The molecule has 16 heavy (non-hydrogen) atoms. The third kappa shape index (κ3) is 3.45. The van der Waals surface area contributed by atoms with Crippen molar-refractivity contribution in [2.75, 3.05) is 31.5 Å². The van der Waals surface area contributed by atoms with Crippen LogP contribution in [0.4, 0.5) is 5.82 Å². The Morgan fingerprint density at radius 1 is 1.44 bits per heavy atom. The average Bonchev–Trinajstić information content (AvgIpc) is 2.33. The molecule has 0 radical (unpaired) electrons. The summed E-state index contributed by atoms with van der Waals surface area (Å²) in [7, 11) is 0. The summed E-state index contributed by atoms with van der Waals surface area (Å²) in [6, 6.07) is 3.85. The Hall–Kier alpha value is -1.16. The van der Waals surface area contributed by atoms with Crippen molar-refractivity contribution >= 4 is 5.82 Å². The van der Waals surface area contributed by atoms with Gasteiger partial charge in [0.1, 0.15) is 5.82 Å². The second-order valence-electron chi connectivity index (χ2n) is 4.56. The van der Waals surface area contributed by atoms with Crippen LogP contribution in [0.25, 0.3) is 0 Å². The topological polar surface area (TPSA) is 41.0 Å².